The summed E-state index contributed by atoms with van der Waals surface area (Å²) in [5, 5.41) is 10.9. The Morgan fingerprint density at radius 3 is 2.48 bits per heavy atom. The largest absolute Gasteiger partial charge is 0.489 e. The summed E-state index contributed by atoms with van der Waals surface area (Å²) >= 11 is 6.58. The van der Waals surface area contributed by atoms with Crippen molar-refractivity contribution in [1.29, 1.82) is 0 Å². The SMILES string of the molecule is O=C1/C(=C/c2ccc(OCc3cccc([N+](=O)[O-])c3)cc2)SC(=S)N1Cc1ccc(F)cc1. The minimum absolute atomic E-state index is 0.0168. The number of carbonyl (C=O) groups is 1. The van der Waals surface area contributed by atoms with Crippen molar-refractivity contribution in [2.45, 2.75) is 13.2 Å². The van der Waals surface area contributed by atoms with Crippen LogP contribution in [0.5, 0.6) is 5.75 Å². The van der Waals surface area contributed by atoms with E-state index in [0.717, 1.165) is 11.1 Å². The molecule has 0 spiro atoms. The first-order valence-electron chi connectivity index (χ1n) is 9.85. The lowest BCUT2D eigenvalue weighted by Gasteiger charge is -2.14. The standard InChI is InChI=1S/C24H17FN2O4S2/c25-19-8-4-17(5-9-19)14-26-23(28)22(33-24(26)32)13-16-6-10-21(11-7-16)31-15-18-2-1-3-20(12-18)27(29)30/h1-13H,14-15H2/b22-13-. The normalized spacial score (nSPS) is 14.7. The van der Waals surface area contributed by atoms with Gasteiger partial charge in [0.1, 0.15) is 22.5 Å². The van der Waals surface area contributed by atoms with Crippen molar-refractivity contribution in [3.8, 4) is 5.75 Å². The predicted octanol–water partition coefficient (Wildman–Crippen LogP) is 5.71. The Bertz CT molecular complexity index is 1240. The molecule has 9 heteroatoms. The topological polar surface area (TPSA) is 72.7 Å². The highest BCUT2D eigenvalue weighted by atomic mass is 32.2. The molecular weight excluding hydrogens is 463 g/mol. The Kier molecular flexibility index (Phi) is 6.81. The third-order valence-corrected chi connectivity index (χ3v) is 6.21. The van der Waals surface area contributed by atoms with Crippen molar-refractivity contribution in [3.63, 3.8) is 0 Å². The Balaban J connectivity index is 1.39. The Labute approximate surface area is 198 Å². The maximum absolute atomic E-state index is 13.1. The highest BCUT2D eigenvalue weighted by Crippen LogP contribution is 2.34. The summed E-state index contributed by atoms with van der Waals surface area (Å²) in [4.78, 5) is 25.2. The number of amides is 1. The molecule has 1 aliphatic rings. The molecule has 1 aliphatic heterocycles. The van der Waals surface area contributed by atoms with Gasteiger partial charge in [0, 0.05) is 12.1 Å². The third kappa shape index (κ3) is 5.63. The van der Waals surface area contributed by atoms with Gasteiger partial charge in [-0.3, -0.25) is 19.8 Å². The van der Waals surface area contributed by atoms with E-state index in [1.807, 2.05) is 12.1 Å². The molecule has 1 fully saturated rings. The number of thiocarbonyl (C=S) groups is 1. The lowest BCUT2D eigenvalue weighted by Crippen LogP contribution is -2.27. The van der Waals surface area contributed by atoms with Crippen LogP contribution < -0.4 is 4.74 Å². The number of nitro groups is 1. The molecule has 0 radical (unpaired) electrons. The van der Waals surface area contributed by atoms with E-state index in [1.165, 1.54) is 40.9 Å². The zero-order valence-corrected chi connectivity index (χ0v) is 18.8. The van der Waals surface area contributed by atoms with Crippen molar-refractivity contribution < 1.29 is 18.8 Å². The van der Waals surface area contributed by atoms with Gasteiger partial charge in [0.2, 0.25) is 0 Å². The highest BCUT2D eigenvalue weighted by Gasteiger charge is 2.31. The molecule has 166 valence electrons. The van der Waals surface area contributed by atoms with Gasteiger partial charge in [-0.2, -0.15) is 0 Å². The summed E-state index contributed by atoms with van der Waals surface area (Å²) < 4.78 is 19.3. The molecule has 0 unspecified atom stereocenters. The number of ether oxygens (including phenoxy) is 1. The molecule has 0 N–H and O–H groups in total. The van der Waals surface area contributed by atoms with Crippen molar-refractivity contribution >= 4 is 46.0 Å². The second-order valence-electron chi connectivity index (χ2n) is 7.18. The van der Waals surface area contributed by atoms with Gasteiger partial charge in [-0.05, 0) is 47.0 Å². The summed E-state index contributed by atoms with van der Waals surface area (Å²) in [5.74, 6) is 0.0735. The number of nitro benzene ring substituents is 1. The first kappa shape index (κ1) is 22.6. The first-order chi connectivity index (χ1) is 15.9. The Hall–Kier alpha value is -3.56. The van der Waals surface area contributed by atoms with Gasteiger partial charge < -0.3 is 4.74 Å². The molecule has 0 bridgehead atoms. The number of hydrogen-bond donors (Lipinski definition) is 0. The molecule has 3 aromatic rings. The van der Waals surface area contributed by atoms with Gasteiger partial charge in [0.15, 0.2) is 0 Å². The zero-order chi connectivity index (χ0) is 23.4. The minimum atomic E-state index is -0.444. The van der Waals surface area contributed by atoms with Gasteiger partial charge in [-0.15, -0.1) is 0 Å². The number of thioether (sulfide) groups is 1. The summed E-state index contributed by atoms with van der Waals surface area (Å²) in [6.07, 6.45) is 1.76. The quantitative estimate of drug-likeness (QED) is 0.187. The molecule has 1 amide bonds. The number of halogens is 1. The van der Waals surface area contributed by atoms with Crippen LogP contribution in [-0.4, -0.2) is 20.1 Å². The minimum Gasteiger partial charge on any atom is -0.489 e. The van der Waals surface area contributed by atoms with Crippen LogP contribution in [0.1, 0.15) is 16.7 Å². The van der Waals surface area contributed by atoms with Crippen LogP contribution in [0.4, 0.5) is 10.1 Å². The van der Waals surface area contributed by atoms with Gasteiger partial charge in [-0.1, -0.05) is 60.4 Å². The summed E-state index contributed by atoms with van der Waals surface area (Å²) in [7, 11) is 0. The Morgan fingerprint density at radius 2 is 1.79 bits per heavy atom. The average Bonchev–Trinajstić information content (AvgIpc) is 3.07. The predicted molar refractivity (Wildman–Crippen MR) is 129 cm³/mol. The van der Waals surface area contributed by atoms with Crippen LogP contribution in [-0.2, 0) is 17.9 Å². The number of rotatable bonds is 7. The van der Waals surface area contributed by atoms with Crippen LogP contribution in [0.2, 0.25) is 0 Å². The van der Waals surface area contributed by atoms with Crippen LogP contribution >= 0.6 is 24.0 Å². The van der Waals surface area contributed by atoms with E-state index in [-0.39, 0.29) is 30.6 Å². The van der Waals surface area contributed by atoms with Crippen LogP contribution in [0.3, 0.4) is 0 Å². The molecule has 1 heterocycles. The van der Waals surface area contributed by atoms with E-state index < -0.39 is 4.92 Å². The summed E-state index contributed by atoms with van der Waals surface area (Å²) in [5.41, 5.74) is 2.31. The maximum atomic E-state index is 13.1. The smallest absolute Gasteiger partial charge is 0.269 e. The Morgan fingerprint density at radius 1 is 1.06 bits per heavy atom. The van der Waals surface area contributed by atoms with E-state index >= 15 is 0 Å². The second kappa shape index (κ2) is 9.93. The highest BCUT2D eigenvalue weighted by molar-refractivity contribution is 8.26. The zero-order valence-electron chi connectivity index (χ0n) is 17.1. The van der Waals surface area contributed by atoms with Crippen molar-refractivity contribution in [2.24, 2.45) is 0 Å². The number of hydrogen-bond acceptors (Lipinski definition) is 6. The van der Waals surface area contributed by atoms with Gasteiger partial charge in [0.25, 0.3) is 11.6 Å². The molecule has 0 atom stereocenters. The molecular formula is C24H17FN2O4S2. The molecule has 1 saturated heterocycles. The van der Waals surface area contributed by atoms with E-state index in [9.17, 15) is 19.3 Å². The van der Waals surface area contributed by atoms with Crippen LogP contribution in [0.25, 0.3) is 6.08 Å². The first-order valence-corrected chi connectivity index (χ1v) is 11.1. The van der Waals surface area contributed by atoms with Crippen molar-refractivity contribution in [2.75, 3.05) is 0 Å². The molecule has 6 nitrogen and oxygen atoms in total. The number of carbonyl (C=O) groups excluding carboxylic acids is 1. The maximum Gasteiger partial charge on any atom is 0.269 e. The van der Waals surface area contributed by atoms with E-state index in [1.54, 1.807) is 42.5 Å². The average molecular weight is 481 g/mol. The van der Waals surface area contributed by atoms with Gasteiger partial charge in [0.05, 0.1) is 16.4 Å². The molecule has 3 aromatic carbocycles. The summed E-state index contributed by atoms with van der Waals surface area (Å²) in [6.45, 7) is 0.482. The molecule has 0 aliphatic carbocycles. The monoisotopic (exact) mass is 480 g/mol. The van der Waals surface area contributed by atoms with Gasteiger partial charge in [-0.25, -0.2) is 4.39 Å². The molecule has 0 aromatic heterocycles. The number of nitrogens with zero attached hydrogens (tertiary/aromatic N) is 2. The van der Waals surface area contributed by atoms with E-state index in [0.29, 0.717) is 20.5 Å². The molecule has 0 saturated carbocycles. The fourth-order valence-electron chi connectivity index (χ4n) is 3.15. The van der Waals surface area contributed by atoms with E-state index in [2.05, 4.69) is 0 Å². The second-order valence-corrected chi connectivity index (χ2v) is 8.85. The summed E-state index contributed by atoms with van der Waals surface area (Å²) in [6, 6.07) is 19.4. The van der Waals surface area contributed by atoms with E-state index in [4.69, 9.17) is 17.0 Å². The fraction of sp³-hybridized carbons (Fsp3) is 0.0833. The van der Waals surface area contributed by atoms with Crippen molar-refractivity contribution in [1.82, 2.24) is 4.90 Å². The van der Waals surface area contributed by atoms with Crippen molar-refractivity contribution in [3.05, 3.63) is 110 Å². The molecule has 4 rings (SSSR count). The van der Waals surface area contributed by atoms with Crippen LogP contribution in [0, 0.1) is 15.9 Å². The number of benzene rings is 3. The fourth-order valence-corrected chi connectivity index (χ4v) is 4.40. The van der Waals surface area contributed by atoms with Gasteiger partial charge >= 0.3 is 0 Å². The molecule has 33 heavy (non-hydrogen) atoms. The lowest BCUT2D eigenvalue weighted by atomic mass is 10.2. The lowest BCUT2D eigenvalue weighted by molar-refractivity contribution is -0.384. The third-order valence-electron chi connectivity index (χ3n) is 4.83. The number of non-ortho nitro benzene ring substituents is 1. The van der Waals surface area contributed by atoms with Crippen LogP contribution in [0.15, 0.2) is 77.7 Å².